The van der Waals surface area contributed by atoms with E-state index in [0.717, 1.165) is 18.7 Å². The molecule has 0 fully saturated rings. The van der Waals surface area contributed by atoms with Crippen LogP contribution in [0.3, 0.4) is 0 Å². The van der Waals surface area contributed by atoms with Crippen molar-refractivity contribution in [3.63, 3.8) is 0 Å². The summed E-state index contributed by atoms with van der Waals surface area (Å²) in [6.45, 7) is 3.53. The summed E-state index contributed by atoms with van der Waals surface area (Å²) >= 11 is 0. The lowest BCUT2D eigenvalue weighted by molar-refractivity contribution is 0.230. The number of hydrogen-bond donors (Lipinski definition) is 1. The number of hydrogen-bond acceptors (Lipinski definition) is 2. The van der Waals surface area contributed by atoms with Crippen molar-refractivity contribution in [1.82, 2.24) is 5.32 Å². The van der Waals surface area contributed by atoms with Crippen molar-refractivity contribution in [2.45, 2.75) is 19.4 Å². The minimum atomic E-state index is 0.232. The van der Waals surface area contributed by atoms with Gasteiger partial charge < -0.3 is 10.1 Å². The Morgan fingerprint density at radius 3 is 3.27 bits per heavy atom. The van der Waals surface area contributed by atoms with Gasteiger partial charge in [0.05, 0.1) is 6.54 Å². The molecule has 1 aromatic rings. The lowest BCUT2D eigenvalue weighted by Crippen LogP contribution is -2.30. The average molecular weight is 201 g/mol. The van der Waals surface area contributed by atoms with Gasteiger partial charge in [-0.15, -0.1) is 6.42 Å². The number of nitrogens with one attached hydrogen (secondary N) is 1. The van der Waals surface area contributed by atoms with Gasteiger partial charge in [-0.3, -0.25) is 0 Å². The summed E-state index contributed by atoms with van der Waals surface area (Å²) in [5, 5.41) is 3.17. The predicted molar refractivity (Wildman–Crippen MR) is 61.0 cm³/mol. The van der Waals surface area contributed by atoms with Crippen molar-refractivity contribution in [2.75, 3.05) is 13.1 Å². The molecule has 1 unspecified atom stereocenters. The van der Waals surface area contributed by atoms with Crippen LogP contribution in [-0.4, -0.2) is 19.2 Å². The van der Waals surface area contributed by atoms with Crippen molar-refractivity contribution in [3.05, 3.63) is 29.3 Å². The summed E-state index contributed by atoms with van der Waals surface area (Å²) in [6.07, 6.45) is 6.38. The van der Waals surface area contributed by atoms with Gasteiger partial charge in [0.1, 0.15) is 11.9 Å². The van der Waals surface area contributed by atoms with Crippen molar-refractivity contribution in [3.8, 4) is 18.1 Å². The first-order chi connectivity index (χ1) is 7.29. The number of fused-ring (bicyclic) bond motifs is 1. The number of benzene rings is 1. The van der Waals surface area contributed by atoms with Crippen molar-refractivity contribution in [2.24, 2.45) is 0 Å². The van der Waals surface area contributed by atoms with Gasteiger partial charge >= 0.3 is 0 Å². The first-order valence-electron chi connectivity index (χ1n) is 5.20. The highest BCUT2D eigenvalue weighted by Crippen LogP contribution is 2.28. The quantitative estimate of drug-likeness (QED) is 0.591. The molecular formula is C13H15NO. The third kappa shape index (κ3) is 2.31. The van der Waals surface area contributed by atoms with E-state index in [0.29, 0.717) is 6.54 Å². The van der Waals surface area contributed by atoms with Crippen LogP contribution in [0.15, 0.2) is 18.2 Å². The highest BCUT2D eigenvalue weighted by Gasteiger charge is 2.21. The highest BCUT2D eigenvalue weighted by molar-refractivity contribution is 5.40. The fraction of sp³-hybridized carbons (Fsp3) is 0.385. The van der Waals surface area contributed by atoms with Crippen LogP contribution in [-0.2, 0) is 6.42 Å². The molecule has 1 atom stereocenters. The molecule has 0 aliphatic carbocycles. The van der Waals surface area contributed by atoms with Crippen LogP contribution >= 0.6 is 0 Å². The highest BCUT2D eigenvalue weighted by atomic mass is 16.5. The Morgan fingerprint density at radius 1 is 1.60 bits per heavy atom. The Labute approximate surface area is 90.6 Å². The molecule has 0 radical (unpaired) electrons. The van der Waals surface area contributed by atoms with E-state index in [2.05, 4.69) is 30.3 Å². The standard InChI is InChI=1S/C13H15NO/c1-3-6-14-9-12-8-11-7-10(2)4-5-13(11)15-12/h1,4-5,7,12,14H,6,8-9H2,2H3. The molecule has 0 aromatic heterocycles. The SMILES string of the molecule is C#CCNCC1Cc2cc(C)ccc2O1. The van der Waals surface area contributed by atoms with Crippen LogP contribution in [0.25, 0.3) is 0 Å². The van der Waals surface area contributed by atoms with Crippen LogP contribution in [0.5, 0.6) is 5.75 Å². The van der Waals surface area contributed by atoms with Crippen LogP contribution < -0.4 is 10.1 Å². The van der Waals surface area contributed by atoms with E-state index in [1.165, 1.54) is 11.1 Å². The van der Waals surface area contributed by atoms with Gasteiger partial charge in [-0.05, 0) is 18.6 Å². The van der Waals surface area contributed by atoms with E-state index in [1.807, 2.05) is 6.07 Å². The van der Waals surface area contributed by atoms with Gasteiger partial charge in [0.15, 0.2) is 0 Å². The molecular weight excluding hydrogens is 186 g/mol. The largest absolute Gasteiger partial charge is 0.488 e. The Balaban J connectivity index is 1.95. The molecule has 2 nitrogen and oxygen atoms in total. The lowest BCUT2D eigenvalue weighted by atomic mass is 10.1. The van der Waals surface area contributed by atoms with Gasteiger partial charge in [0.2, 0.25) is 0 Å². The summed E-state index contributed by atoms with van der Waals surface area (Å²) in [5.74, 6) is 3.58. The van der Waals surface area contributed by atoms with Crippen molar-refractivity contribution < 1.29 is 4.74 Å². The van der Waals surface area contributed by atoms with E-state index >= 15 is 0 Å². The molecule has 0 bridgehead atoms. The summed E-state index contributed by atoms with van der Waals surface area (Å²) in [5.41, 5.74) is 2.59. The molecule has 78 valence electrons. The second-order valence-electron chi connectivity index (χ2n) is 3.89. The molecule has 0 spiro atoms. The van der Waals surface area contributed by atoms with E-state index in [9.17, 15) is 0 Å². The van der Waals surface area contributed by atoms with E-state index < -0.39 is 0 Å². The fourth-order valence-corrected chi connectivity index (χ4v) is 1.87. The topological polar surface area (TPSA) is 21.3 Å². The lowest BCUT2D eigenvalue weighted by Gasteiger charge is -2.09. The van der Waals surface area contributed by atoms with Crippen LogP contribution in [0, 0.1) is 19.3 Å². The van der Waals surface area contributed by atoms with Crippen LogP contribution in [0.1, 0.15) is 11.1 Å². The summed E-state index contributed by atoms with van der Waals surface area (Å²) in [6, 6.07) is 6.32. The van der Waals surface area contributed by atoms with Crippen LogP contribution in [0.4, 0.5) is 0 Å². The fourth-order valence-electron chi connectivity index (χ4n) is 1.87. The average Bonchev–Trinajstić information content (AvgIpc) is 2.60. The molecule has 0 amide bonds. The van der Waals surface area contributed by atoms with Crippen molar-refractivity contribution in [1.29, 1.82) is 0 Å². The molecule has 0 saturated carbocycles. The normalized spacial score (nSPS) is 18.0. The Morgan fingerprint density at radius 2 is 2.47 bits per heavy atom. The maximum Gasteiger partial charge on any atom is 0.123 e. The monoisotopic (exact) mass is 201 g/mol. The second-order valence-corrected chi connectivity index (χ2v) is 3.89. The number of ether oxygens (including phenoxy) is 1. The molecule has 1 aliphatic rings. The Kier molecular flexibility index (Phi) is 2.94. The van der Waals surface area contributed by atoms with Gasteiger partial charge in [0.25, 0.3) is 0 Å². The van der Waals surface area contributed by atoms with Gasteiger partial charge in [-0.25, -0.2) is 0 Å². The van der Waals surface area contributed by atoms with Gasteiger partial charge in [0, 0.05) is 13.0 Å². The van der Waals surface area contributed by atoms with Gasteiger partial charge in [-0.1, -0.05) is 23.6 Å². The molecule has 1 aliphatic heterocycles. The minimum absolute atomic E-state index is 0.232. The molecule has 2 rings (SSSR count). The molecule has 0 saturated heterocycles. The van der Waals surface area contributed by atoms with E-state index in [1.54, 1.807) is 0 Å². The van der Waals surface area contributed by atoms with Crippen LogP contribution in [0.2, 0.25) is 0 Å². The van der Waals surface area contributed by atoms with Gasteiger partial charge in [-0.2, -0.15) is 0 Å². The summed E-state index contributed by atoms with van der Waals surface area (Å²) in [4.78, 5) is 0. The maximum atomic E-state index is 5.78. The molecule has 1 N–H and O–H groups in total. The first kappa shape index (κ1) is 10.1. The Bertz CT molecular complexity index is 392. The molecule has 1 heterocycles. The number of terminal acetylenes is 1. The smallest absolute Gasteiger partial charge is 0.123 e. The van der Waals surface area contributed by atoms with Crippen molar-refractivity contribution >= 4 is 0 Å². The molecule has 1 aromatic carbocycles. The van der Waals surface area contributed by atoms with E-state index in [4.69, 9.17) is 11.2 Å². The molecule has 15 heavy (non-hydrogen) atoms. The maximum absolute atomic E-state index is 5.78. The molecule has 2 heteroatoms. The zero-order valence-corrected chi connectivity index (χ0v) is 8.92. The zero-order valence-electron chi connectivity index (χ0n) is 8.92. The zero-order chi connectivity index (χ0) is 10.7. The minimum Gasteiger partial charge on any atom is -0.488 e. The van der Waals surface area contributed by atoms with E-state index in [-0.39, 0.29) is 6.10 Å². The third-order valence-electron chi connectivity index (χ3n) is 2.56. The first-order valence-corrected chi connectivity index (χ1v) is 5.20. The summed E-state index contributed by atoms with van der Waals surface area (Å²) in [7, 11) is 0. The Hall–Kier alpha value is -1.46. The second kappa shape index (κ2) is 4.37. The number of aryl methyl sites for hydroxylation is 1. The number of rotatable bonds is 3. The summed E-state index contributed by atoms with van der Waals surface area (Å²) < 4.78 is 5.78. The predicted octanol–water partition coefficient (Wildman–Crippen LogP) is 1.52. The third-order valence-corrected chi connectivity index (χ3v) is 2.56.